The van der Waals surface area contributed by atoms with Gasteiger partial charge in [0.2, 0.25) is 0 Å². The van der Waals surface area contributed by atoms with E-state index in [9.17, 15) is 0 Å². The van der Waals surface area contributed by atoms with Gasteiger partial charge in [0.05, 0.1) is 5.44 Å². The second kappa shape index (κ2) is 8.89. The third kappa shape index (κ3) is 6.86. The lowest BCUT2D eigenvalue weighted by Crippen LogP contribution is -2.47. The fraction of sp³-hybridized carbons (Fsp3) is 1.00. The van der Waals surface area contributed by atoms with Gasteiger partial charge in [-0.1, -0.05) is 0 Å². The predicted molar refractivity (Wildman–Crippen MR) is 71.8 cm³/mol. The smallest absolute Gasteiger partial charge is 0.374 e. The minimum Gasteiger partial charge on any atom is -0.374 e. The van der Waals surface area contributed by atoms with Gasteiger partial charge in [-0.2, -0.15) is 12.6 Å². The first-order valence-electron chi connectivity index (χ1n) is 5.34. The maximum Gasteiger partial charge on any atom is 0.501 e. The molecule has 92 valence electrons. The summed E-state index contributed by atoms with van der Waals surface area (Å²) in [6.07, 6.45) is 0.940. The molecule has 0 heterocycles. The van der Waals surface area contributed by atoms with Crippen LogP contribution >= 0.6 is 25.3 Å². The average Bonchev–Trinajstić information content (AvgIpc) is 2.14. The van der Waals surface area contributed by atoms with E-state index in [0.717, 1.165) is 18.2 Å². The van der Waals surface area contributed by atoms with Crippen molar-refractivity contribution in [3.8, 4) is 0 Å². The van der Waals surface area contributed by atoms with Gasteiger partial charge in [-0.3, -0.25) is 0 Å². The quantitative estimate of drug-likeness (QED) is 0.383. The molecule has 0 fully saturated rings. The second-order valence-electron chi connectivity index (χ2n) is 3.09. The zero-order valence-corrected chi connectivity index (χ0v) is 12.5. The number of hydrogen-bond acceptors (Lipinski definition) is 5. The van der Waals surface area contributed by atoms with Gasteiger partial charge in [0.15, 0.2) is 0 Å². The molecule has 0 radical (unpaired) electrons. The molecular formula is C9H22O3S2Si. The maximum absolute atomic E-state index is 5.75. The summed E-state index contributed by atoms with van der Waals surface area (Å²) in [6, 6.07) is 0.809. The van der Waals surface area contributed by atoms with Crippen molar-refractivity contribution in [1.29, 1.82) is 0 Å². The van der Waals surface area contributed by atoms with Crippen molar-refractivity contribution in [2.75, 3.05) is 19.0 Å². The topological polar surface area (TPSA) is 27.7 Å². The first-order valence-corrected chi connectivity index (χ1v) is 8.43. The molecule has 0 aliphatic carbocycles. The Labute approximate surface area is 105 Å². The summed E-state index contributed by atoms with van der Waals surface area (Å²) in [7, 11) is -2.50. The second-order valence-corrected chi connectivity index (χ2v) is 6.95. The lowest BCUT2D eigenvalue weighted by atomic mass is 10.6. The van der Waals surface area contributed by atoms with Crippen LogP contribution in [0.2, 0.25) is 6.04 Å². The normalized spacial score (nSPS) is 14.2. The Morgan fingerprint density at radius 2 is 1.73 bits per heavy atom. The lowest BCUT2D eigenvalue weighted by molar-refractivity contribution is 0.0632. The van der Waals surface area contributed by atoms with E-state index in [-0.39, 0.29) is 5.44 Å². The zero-order chi connectivity index (χ0) is 11.7. The van der Waals surface area contributed by atoms with Crippen molar-refractivity contribution in [2.24, 2.45) is 0 Å². The summed E-state index contributed by atoms with van der Waals surface area (Å²) < 4.78 is 17.1. The first-order chi connectivity index (χ1) is 7.10. The van der Waals surface area contributed by atoms with Gasteiger partial charge < -0.3 is 13.3 Å². The first kappa shape index (κ1) is 15.8. The maximum atomic E-state index is 5.75. The Bertz CT molecular complexity index is 152. The minimum absolute atomic E-state index is 0.158. The molecule has 0 saturated heterocycles. The SMILES string of the molecule is CCO[Si](CCCS)(OCC)OC(C)S. The van der Waals surface area contributed by atoms with Crippen LogP contribution in [0.15, 0.2) is 0 Å². The van der Waals surface area contributed by atoms with Crippen LogP contribution in [0.5, 0.6) is 0 Å². The molecule has 0 aromatic rings. The van der Waals surface area contributed by atoms with E-state index in [1.54, 1.807) is 0 Å². The highest BCUT2D eigenvalue weighted by Gasteiger charge is 2.40. The van der Waals surface area contributed by atoms with E-state index in [1.807, 2.05) is 20.8 Å². The monoisotopic (exact) mass is 270 g/mol. The summed E-state index contributed by atoms with van der Waals surface area (Å²) in [4.78, 5) is 0. The molecule has 1 atom stereocenters. The van der Waals surface area contributed by atoms with Gasteiger partial charge in [-0.25, -0.2) is 0 Å². The Balaban J connectivity index is 4.40. The molecule has 0 spiro atoms. The molecule has 0 aliphatic heterocycles. The predicted octanol–water partition coefficient (Wildman–Crippen LogP) is 2.61. The molecule has 0 amide bonds. The lowest BCUT2D eigenvalue weighted by Gasteiger charge is -2.30. The van der Waals surface area contributed by atoms with Crippen molar-refractivity contribution in [3.05, 3.63) is 0 Å². The summed E-state index contributed by atoms with van der Waals surface area (Å²) in [5.74, 6) is 0.819. The fourth-order valence-corrected chi connectivity index (χ4v) is 4.88. The minimum atomic E-state index is -2.50. The van der Waals surface area contributed by atoms with Crippen molar-refractivity contribution in [2.45, 2.75) is 38.7 Å². The van der Waals surface area contributed by atoms with Crippen LogP contribution in [0, 0.1) is 0 Å². The van der Waals surface area contributed by atoms with Crippen LogP contribution < -0.4 is 0 Å². The molecule has 0 saturated carbocycles. The third-order valence-corrected chi connectivity index (χ3v) is 5.48. The standard InChI is InChI=1S/C9H22O3S2Si/c1-4-10-15(11-5-2,8-6-7-13)12-9(3)14/h9,13-14H,4-8H2,1-3H3. The van der Waals surface area contributed by atoms with E-state index in [0.29, 0.717) is 13.2 Å². The largest absolute Gasteiger partial charge is 0.501 e. The van der Waals surface area contributed by atoms with Crippen LogP contribution in [0.3, 0.4) is 0 Å². The van der Waals surface area contributed by atoms with Crippen molar-refractivity contribution >= 4 is 34.1 Å². The molecule has 0 aliphatic rings. The molecule has 6 heteroatoms. The number of hydrogen-bond donors (Lipinski definition) is 2. The summed E-state index contributed by atoms with van der Waals surface area (Å²) in [5.41, 5.74) is -0.158. The molecule has 0 N–H and O–H groups in total. The summed E-state index contributed by atoms with van der Waals surface area (Å²) >= 11 is 8.43. The van der Waals surface area contributed by atoms with E-state index < -0.39 is 8.80 Å². The van der Waals surface area contributed by atoms with E-state index in [1.165, 1.54) is 0 Å². The van der Waals surface area contributed by atoms with Crippen LogP contribution in [-0.4, -0.2) is 33.2 Å². The molecule has 0 bridgehead atoms. The Morgan fingerprint density at radius 3 is 2.07 bits per heavy atom. The molecule has 0 rings (SSSR count). The molecule has 0 aromatic heterocycles. The van der Waals surface area contributed by atoms with Crippen molar-refractivity contribution < 1.29 is 13.3 Å². The fourth-order valence-electron chi connectivity index (χ4n) is 1.31. The van der Waals surface area contributed by atoms with Gasteiger partial charge in [0.1, 0.15) is 0 Å². The highest BCUT2D eigenvalue weighted by molar-refractivity contribution is 7.80. The third-order valence-electron chi connectivity index (χ3n) is 1.72. The molecule has 15 heavy (non-hydrogen) atoms. The van der Waals surface area contributed by atoms with Gasteiger partial charge in [0.25, 0.3) is 0 Å². The van der Waals surface area contributed by atoms with Crippen LogP contribution in [0.25, 0.3) is 0 Å². The van der Waals surface area contributed by atoms with E-state index >= 15 is 0 Å². The molecular weight excluding hydrogens is 248 g/mol. The number of rotatable bonds is 9. The van der Waals surface area contributed by atoms with Gasteiger partial charge in [-0.15, -0.1) is 12.6 Å². The van der Waals surface area contributed by atoms with Gasteiger partial charge in [0, 0.05) is 19.3 Å². The van der Waals surface area contributed by atoms with Crippen LogP contribution in [0.1, 0.15) is 27.2 Å². The highest BCUT2D eigenvalue weighted by Crippen LogP contribution is 2.21. The van der Waals surface area contributed by atoms with E-state index in [2.05, 4.69) is 25.3 Å². The molecule has 0 aromatic carbocycles. The van der Waals surface area contributed by atoms with Crippen LogP contribution in [0.4, 0.5) is 0 Å². The number of thiol groups is 2. The summed E-state index contributed by atoms with van der Waals surface area (Å²) in [6.45, 7) is 7.00. The molecule has 3 nitrogen and oxygen atoms in total. The van der Waals surface area contributed by atoms with Gasteiger partial charge >= 0.3 is 8.80 Å². The Morgan fingerprint density at radius 1 is 1.20 bits per heavy atom. The Kier molecular flexibility index (Phi) is 9.37. The average molecular weight is 270 g/mol. The summed E-state index contributed by atoms with van der Waals surface area (Å²) in [5, 5.41) is 0. The Hall–Kier alpha value is 0.797. The van der Waals surface area contributed by atoms with Crippen molar-refractivity contribution in [1.82, 2.24) is 0 Å². The van der Waals surface area contributed by atoms with Gasteiger partial charge in [-0.05, 0) is 32.9 Å². The zero-order valence-electron chi connectivity index (χ0n) is 9.73. The highest BCUT2D eigenvalue weighted by atomic mass is 32.1. The van der Waals surface area contributed by atoms with E-state index in [4.69, 9.17) is 13.3 Å². The molecule has 1 unspecified atom stereocenters. The van der Waals surface area contributed by atoms with Crippen LogP contribution in [-0.2, 0) is 13.3 Å². The van der Waals surface area contributed by atoms with Crippen molar-refractivity contribution in [3.63, 3.8) is 0 Å².